The van der Waals surface area contributed by atoms with Crippen LogP contribution < -0.4 is 4.90 Å². The molecule has 0 aliphatic carbocycles. The van der Waals surface area contributed by atoms with Gasteiger partial charge in [-0.1, -0.05) is 0 Å². The number of carbonyl (C=O) groups is 1. The number of rotatable bonds is 5. The predicted octanol–water partition coefficient (Wildman–Crippen LogP) is 2.30. The zero-order valence-corrected chi connectivity index (χ0v) is 14.9. The van der Waals surface area contributed by atoms with Crippen molar-refractivity contribution in [1.82, 2.24) is 24.3 Å². The van der Waals surface area contributed by atoms with Crippen molar-refractivity contribution in [3.8, 4) is 11.6 Å². The molecule has 0 spiro atoms. The number of anilines is 1. The first-order chi connectivity index (χ1) is 13.0. The SMILES string of the molecule is CN(C)c1ccc2cnn(-c3cncc(-n4ccc(CC(=O)O)c4)n3)c2c1. The molecule has 136 valence electrons. The highest BCUT2D eigenvalue weighted by atomic mass is 16.4. The number of hydrogen-bond acceptors (Lipinski definition) is 5. The van der Waals surface area contributed by atoms with Crippen LogP contribution in [0, 0.1) is 0 Å². The van der Waals surface area contributed by atoms with Gasteiger partial charge in [-0.3, -0.25) is 9.78 Å². The molecule has 0 saturated heterocycles. The van der Waals surface area contributed by atoms with E-state index >= 15 is 0 Å². The van der Waals surface area contributed by atoms with Gasteiger partial charge in [-0.15, -0.1) is 0 Å². The van der Waals surface area contributed by atoms with E-state index in [-0.39, 0.29) is 6.42 Å². The van der Waals surface area contributed by atoms with Crippen LogP contribution in [0.1, 0.15) is 5.56 Å². The lowest BCUT2D eigenvalue weighted by molar-refractivity contribution is -0.136. The Morgan fingerprint density at radius 2 is 1.96 bits per heavy atom. The van der Waals surface area contributed by atoms with E-state index in [0.29, 0.717) is 17.2 Å². The lowest BCUT2D eigenvalue weighted by Crippen LogP contribution is -2.09. The van der Waals surface area contributed by atoms with E-state index in [2.05, 4.69) is 21.1 Å². The Balaban J connectivity index is 1.74. The van der Waals surface area contributed by atoms with Gasteiger partial charge in [0.15, 0.2) is 11.6 Å². The minimum Gasteiger partial charge on any atom is -0.481 e. The van der Waals surface area contributed by atoms with Gasteiger partial charge in [0.1, 0.15) is 0 Å². The molecule has 1 aromatic carbocycles. The molecule has 0 aliphatic heterocycles. The van der Waals surface area contributed by atoms with Crippen LogP contribution in [0.5, 0.6) is 0 Å². The van der Waals surface area contributed by atoms with E-state index in [1.807, 2.05) is 31.1 Å². The average molecular weight is 362 g/mol. The summed E-state index contributed by atoms with van der Waals surface area (Å²) < 4.78 is 3.51. The number of aliphatic carboxylic acids is 1. The molecule has 8 heteroatoms. The lowest BCUT2D eigenvalue weighted by Gasteiger charge is -2.12. The molecule has 8 nitrogen and oxygen atoms in total. The quantitative estimate of drug-likeness (QED) is 0.586. The Labute approximate surface area is 155 Å². The molecule has 0 saturated carbocycles. The van der Waals surface area contributed by atoms with Gasteiger partial charge in [0, 0.05) is 37.6 Å². The number of carboxylic acids is 1. The molecule has 0 atom stereocenters. The smallest absolute Gasteiger partial charge is 0.307 e. The van der Waals surface area contributed by atoms with Crippen LogP contribution in [0.4, 0.5) is 5.69 Å². The third-order valence-corrected chi connectivity index (χ3v) is 4.27. The molecule has 0 amide bonds. The standard InChI is InChI=1S/C19H18N6O2/c1-23(2)15-4-3-14-9-21-25(16(14)8-15)18-11-20-10-17(22-18)24-6-5-13(12-24)7-19(26)27/h3-6,8-12H,7H2,1-2H3,(H,26,27). The zero-order chi connectivity index (χ0) is 19.0. The molecule has 0 radical (unpaired) electrons. The van der Waals surface area contributed by atoms with Crippen LogP contribution in [-0.2, 0) is 11.2 Å². The van der Waals surface area contributed by atoms with Gasteiger partial charge >= 0.3 is 5.97 Å². The Morgan fingerprint density at radius 3 is 2.74 bits per heavy atom. The lowest BCUT2D eigenvalue weighted by atomic mass is 10.2. The summed E-state index contributed by atoms with van der Waals surface area (Å²) in [7, 11) is 3.98. The summed E-state index contributed by atoms with van der Waals surface area (Å²) in [6.07, 6.45) is 8.57. The van der Waals surface area contributed by atoms with Crippen LogP contribution in [0.2, 0.25) is 0 Å². The topological polar surface area (TPSA) is 89.1 Å². The fraction of sp³-hybridized carbons (Fsp3) is 0.158. The molecule has 4 aromatic rings. The first-order valence-electron chi connectivity index (χ1n) is 8.38. The second-order valence-corrected chi connectivity index (χ2v) is 6.43. The van der Waals surface area contributed by atoms with E-state index in [4.69, 9.17) is 5.11 Å². The number of fused-ring (bicyclic) bond motifs is 1. The van der Waals surface area contributed by atoms with E-state index in [1.165, 1.54) is 0 Å². The van der Waals surface area contributed by atoms with Crippen molar-refractivity contribution in [1.29, 1.82) is 0 Å². The number of carboxylic acid groups (broad SMARTS) is 1. The Kier molecular flexibility index (Phi) is 4.08. The first-order valence-corrected chi connectivity index (χ1v) is 8.38. The second kappa shape index (κ2) is 6.56. The minimum absolute atomic E-state index is 0.0305. The maximum atomic E-state index is 10.9. The van der Waals surface area contributed by atoms with Gasteiger partial charge in [-0.05, 0) is 29.8 Å². The highest BCUT2D eigenvalue weighted by molar-refractivity contribution is 5.83. The molecule has 3 heterocycles. The third-order valence-electron chi connectivity index (χ3n) is 4.27. The van der Waals surface area contributed by atoms with Crippen LogP contribution in [0.3, 0.4) is 0 Å². The molecule has 3 aromatic heterocycles. The summed E-state index contributed by atoms with van der Waals surface area (Å²) >= 11 is 0. The van der Waals surface area contributed by atoms with Gasteiger partial charge in [0.05, 0.1) is 30.5 Å². The maximum Gasteiger partial charge on any atom is 0.307 e. The summed E-state index contributed by atoms with van der Waals surface area (Å²) in [5.41, 5.74) is 2.71. The summed E-state index contributed by atoms with van der Waals surface area (Å²) in [5, 5.41) is 14.4. The normalized spacial score (nSPS) is 11.0. The summed E-state index contributed by atoms with van der Waals surface area (Å²) in [6, 6.07) is 7.88. The molecule has 1 N–H and O–H groups in total. The van der Waals surface area contributed by atoms with E-state index in [1.54, 1.807) is 46.3 Å². The minimum atomic E-state index is -0.868. The largest absolute Gasteiger partial charge is 0.481 e. The monoisotopic (exact) mass is 362 g/mol. The predicted molar refractivity (Wildman–Crippen MR) is 102 cm³/mol. The molecule has 0 aliphatic rings. The second-order valence-electron chi connectivity index (χ2n) is 6.43. The van der Waals surface area contributed by atoms with E-state index in [0.717, 1.165) is 16.6 Å². The summed E-state index contributed by atoms with van der Waals surface area (Å²) in [5.74, 6) is 0.315. The van der Waals surface area contributed by atoms with Crippen LogP contribution in [0.25, 0.3) is 22.5 Å². The van der Waals surface area contributed by atoms with Gasteiger partial charge < -0.3 is 14.6 Å². The van der Waals surface area contributed by atoms with Gasteiger partial charge in [0.2, 0.25) is 0 Å². The summed E-state index contributed by atoms with van der Waals surface area (Å²) in [6.45, 7) is 0. The van der Waals surface area contributed by atoms with Gasteiger partial charge in [0.25, 0.3) is 0 Å². The number of aromatic nitrogens is 5. The first kappa shape index (κ1) is 16.8. The number of benzene rings is 1. The highest BCUT2D eigenvalue weighted by Crippen LogP contribution is 2.23. The fourth-order valence-electron chi connectivity index (χ4n) is 2.90. The van der Waals surface area contributed by atoms with Gasteiger partial charge in [-0.25, -0.2) is 9.67 Å². The maximum absolute atomic E-state index is 10.9. The van der Waals surface area contributed by atoms with Crippen molar-refractivity contribution in [3.63, 3.8) is 0 Å². The van der Waals surface area contributed by atoms with Crippen LogP contribution in [0.15, 0.2) is 55.2 Å². The van der Waals surface area contributed by atoms with E-state index < -0.39 is 5.97 Å². The molecule has 0 bridgehead atoms. The number of hydrogen-bond donors (Lipinski definition) is 1. The zero-order valence-electron chi connectivity index (χ0n) is 14.9. The fourth-order valence-corrected chi connectivity index (χ4v) is 2.90. The number of nitrogens with zero attached hydrogens (tertiary/aromatic N) is 6. The average Bonchev–Trinajstić information content (AvgIpc) is 3.27. The molecular formula is C19H18N6O2. The molecule has 27 heavy (non-hydrogen) atoms. The Morgan fingerprint density at radius 1 is 1.15 bits per heavy atom. The molecule has 4 rings (SSSR count). The summed E-state index contributed by atoms with van der Waals surface area (Å²) in [4.78, 5) is 21.8. The molecular weight excluding hydrogens is 344 g/mol. The molecule has 0 fully saturated rings. The van der Waals surface area contributed by atoms with Crippen molar-refractivity contribution in [2.75, 3.05) is 19.0 Å². The molecule has 0 unspecified atom stereocenters. The Hall–Kier alpha value is -3.68. The van der Waals surface area contributed by atoms with Crippen molar-refractivity contribution >= 4 is 22.6 Å². The van der Waals surface area contributed by atoms with Crippen LogP contribution in [-0.4, -0.2) is 49.5 Å². The van der Waals surface area contributed by atoms with Crippen molar-refractivity contribution in [2.45, 2.75) is 6.42 Å². The third kappa shape index (κ3) is 3.24. The van der Waals surface area contributed by atoms with Crippen molar-refractivity contribution < 1.29 is 9.90 Å². The Bertz CT molecular complexity index is 1130. The van der Waals surface area contributed by atoms with E-state index in [9.17, 15) is 4.79 Å². The van der Waals surface area contributed by atoms with Crippen molar-refractivity contribution in [3.05, 3.63) is 60.8 Å². The van der Waals surface area contributed by atoms with Crippen molar-refractivity contribution in [2.24, 2.45) is 0 Å². The highest BCUT2D eigenvalue weighted by Gasteiger charge is 2.10. The van der Waals surface area contributed by atoms with Crippen LogP contribution >= 0.6 is 0 Å². The van der Waals surface area contributed by atoms with Gasteiger partial charge in [-0.2, -0.15) is 5.10 Å².